The number of aromatic nitrogens is 1. The normalized spacial score (nSPS) is 15.6. The first kappa shape index (κ1) is 19.1. The summed E-state index contributed by atoms with van der Waals surface area (Å²) >= 11 is 7.05. The van der Waals surface area contributed by atoms with E-state index in [9.17, 15) is 19.5 Å². The van der Waals surface area contributed by atoms with Crippen LogP contribution >= 0.6 is 35.7 Å². The van der Waals surface area contributed by atoms with Crippen LogP contribution in [0.1, 0.15) is 16.1 Å². The molecule has 1 fully saturated rings. The van der Waals surface area contributed by atoms with E-state index in [1.165, 1.54) is 24.4 Å². The van der Waals surface area contributed by atoms with Crippen LogP contribution in [0.3, 0.4) is 0 Å². The van der Waals surface area contributed by atoms with Gasteiger partial charge in [-0.1, -0.05) is 24.0 Å². The van der Waals surface area contributed by atoms with Gasteiger partial charge in [0.05, 0.1) is 10.5 Å². The van der Waals surface area contributed by atoms with E-state index in [1.54, 1.807) is 12.1 Å². The maximum atomic E-state index is 12.2. The van der Waals surface area contributed by atoms with Crippen molar-refractivity contribution < 1.29 is 29.0 Å². The smallest absolute Gasteiger partial charge is 0.338 e. The number of aliphatic carboxylic acids is 1. The number of pyridine rings is 1. The molecule has 2 N–H and O–H groups in total. The number of carboxylic acids is 2. The zero-order valence-electron chi connectivity index (χ0n) is 13.3. The first-order valence-corrected chi connectivity index (χ1v) is 9.32. The standard InChI is InChI=1S/C16H10N2O6S3/c19-11(20)7-18-14(21)10(26-16(18)25)6-8-3-4-12(24-8)27-13-9(15(22)23)2-1-5-17-13/h1-6H,7H2,(H,19,20)(H,22,23)/b10-6-. The second-order valence-electron chi connectivity index (χ2n) is 5.08. The van der Waals surface area contributed by atoms with Crippen molar-refractivity contribution in [1.29, 1.82) is 0 Å². The number of furan rings is 1. The average Bonchev–Trinajstić information content (AvgIpc) is 3.15. The van der Waals surface area contributed by atoms with Crippen LogP contribution < -0.4 is 0 Å². The Labute approximate surface area is 166 Å². The van der Waals surface area contributed by atoms with E-state index in [4.69, 9.17) is 21.7 Å². The van der Waals surface area contributed by atoms with Gasteiger partial charge in [-0.3, -0.25) is 14.5 Å². The third-order valence-corrected chi connectivity index (χ3v) is 5.56. The summed E-state index contributed by atoms with van der Waals surface area (Å²) in [4.78, 5) is 39.6. The summed E-state index contributed by atoms with van der Waals surface area (Å²) in [7, 11) is 0. The van der Waals surface area contributed by atoms with Gasteiger partial charge in [0.1, 0.15) is 21.7 Å². The van der Waals surface area contributed by atoms with Gasteiger partial charge in [-0.25, -0.2) is 9.78 Å². The van der Waals surface area contributed by atoms with E-state index >= 15 is 0 Å². The van der Waals surface area contributed by atoms with Crippen molar-refractivity contribution in [3.8, 4) is 0 Å². The van der Waals surface area contributed by atoms with Gasteiger partial charge in [0.15, 0.2) is 5.09 Å². The molecule has 2 aromatic heterocycles. The molecule has 3 heterocycles. The third kappa shape index (κ3) is 4.38. The van der Waals surface area contributed by atoms with E-state index in [0.717, 1.165) is 28.4 Å². The number of nitrogens with zero attached hydrogens (tertiary/aromatic N) is 2. The second-order valence-corrected chi connectivity index (χ2v) is 7.75. The summed E-state index contributed by atoms with van der Waals surface area (Å²) in [6, 6.07) is 6.19. The molecule has 0 atom stereocenters. The molecule has 0 saturated carbocycles. The lowest BCUT2D eigenvalue weighted by Crippen LogP contribution is -2.33. The summed E-state index contributed by atoms with van der Waals surface area (Å²) in [6.07, 6.45) is 2.94. The van der Waals surface area contributed by atoms with Crippen molar-refractivity contribution in [2.45, 2.75) is 10.1 Å². The predicted octanol–water partition coefficient (Wildman–Crippen LogP) is 2.81. The van der Waals surface area contributed by atoms with E-state index in [-0.39, 0.29) is 19.8 Å². The van der Waals surface area contributed by atoms with Crippen LogP contribution in [0.5, 0.6) is 0 Å². The first-order valence-electron chi connectivity index (χ1n) is 7.28. The van der Waals surface area contributed by atoms with Crippen LogP contribution in [0.4, 0.5) is 0 Å². The molecular weight excluding hydrogens is 412 g/mol. The average molecular weight is 422 g/mol. The van der Waals surface area contributed by atoms with Crippen molar-refractivity contribution in [3.63, 3.8) is 0 Å². The molecule has 0 aliphatic carbocycles. The first-order chi connectivity index (χ1) is 12.8. The molecule has 1 aliphatic rings. The molecule has 0 bridgehead atoms. The van der Waals surface area contributed by atoms with Crippen LogP contribution in [0.25, 0.3) is 6.08 Å². The van der Waals surface area contributed by atoms with Crippen LogP contribution in [0, 0.1) is 0 Å². The Morgan fingerprint density at radius 3 is 2.81 bits per heavy atom. The van der Waals surface area contributed by atoms with Gasteiger partial charge in [-0.05, 0) is 36.0 Å². The lowest BCUT2D eigenvalue weighted by molar-refractivity contribution is -0.140. The SMILES string of the molecule is O=C(O)CN1C(=O)/C(=C/c2ccc(Sc3ncccc3C(=O)O)o2)SC1=S. The Kier molecular flexibility index (Phi) is 5.63. The Morgan fingerprint density at radius 2 is 2.11 bits per heavy atom. The predicted molar refractivity (Wildman–Crippen MR) is 102 cm³/mol. The number of thiocarbonyl (C=S) groups is 1. The van der Waals surface area contributed by atoms with E-state index < -0.39 is 24.4 Å². The fourth-order valence-electron chi connectivity index (χ4n) is 2.10. The minimum atomic E-state index is -1.16. The number of thioether (sulfide) groups is 1. The second kappa shape index (κ2) is 7.94. The number of carbonyl (C=O) groups is 3. The highest BCUT2D eigenvalue weighted by atomic mass is 32.2. The molecule has 0 spiro atoms. The quantitative estimate of drug-likeness (QED) is 0.531. The largest absolute Gasteiger partial charge is 0.480 e. The van der Waals surface area contributed by atoms with Gasteiger partial charge >= 0.3 is 11.9 Å². The summed E-state index contributed by atoms with van der Waals surface area (Å²) in [5.74, 6) is -2.41. The third-order valence-electron chi connectivity index (χ3n) is 3.24. The lowest BCUT2D eigenvalue weighted by Gasteiger charge is -2.09. The number of aromatic carboxylic acids is 1. The molecule has 27 heavy (non-hydrogen) atoms. The summed E-state index contributed by atoms with van der Waals surface area (Å²) in [5, 5.41) is 18.7. The molecule has 138 valence electrons. The van der Waals surface area contributed by atoms with Gasteiger partial charge in [-0.2, -0.15) is 0 Å². The van der Waals surface area contributed by atoms with Crippen LogP contribution in [0.15, 0.2) is 49.9 Å². The number of hydrogen-bond acceptors (Lipinski definition) is 8. The maximum Gasteiger partial charge on any atom is 0.338 e. The lowest BCUT2D eigenvalue weighted by atomic mass is 10.3. The molecule has 11 heteroatoms. The molecule has 0 radical (unpaired) electrons. The number of rotatable bonds is 6. The number of hydrogen-bond donors (Lipinski definition) is 2. The minimum Gasteiger partial charge on any atom is -0.480 e. The zero-order valence-corrected chi connectivity index (χ0v) is 15.8. The zero-order chi connectivity index (χ0) is 19.6. The topological polar surface area (TPSA) is 121 Å². The fraction of sp³-hybridized carbons (Fsp3) is 0.0625. The van der Waals surface area contributed by atoms with E-state index in [0.29, 0.717) is 10.9 Å². The van der Waals surface area contributed by atoms with Gasteiger partial charge in [0.25, 0.3) is 5.91 Å². The molecule has 1 amide bonds. The minimum absolute atomic E-state index is 0.0509. The number of amides is 1. The van der Waals surface area contributed by atoms with E-state index in [1.807, 2.05) is 0 Å². The molecule has 3 rings (SSSR count). The van der Waals surface area contributed by atoms with Crippen molar-refractivity contribution in [2.24, 2.45) is 0 Å². The van der Waals surface area contributed by atoms with Gasteiger partial charge < -0.3 is 14.6 Å². The van der Waals surface area contributed by atoms with Gasteiger partial charge in [0.2, 0.25) is 0 Å². The van der Waals surface area contributed by atoms with Crippen molar-refractivity contribution in [3.05, 3.63) is 46.7 Å². The highest BCUT2D eigenvalue weighted by Crippen LogP contribution is 2.34. The van der Waals surface area contributed by atoms with E-state index in [2.05, 4.69) is 4.98 Å². The number of carboxylic acid groups (broad SMARTS) is 2. The van der Waals surface area contributed by atoms with Crippen LogP contribution in [0.2, 0.25) is 0 Å². The van der Waals surface area contributed by atoms with Crippen molar-refractivity contribution >= 4 is 64.0 Å². The van der Waals surface area contributed by atoms with Gasteiger partial charge in [-0.15, -0.1) is 0 Å². The van der Waals surface area contributed by atoms with Crippen LogP contribution in [-0.4, -0.2) is 48.8 Å². The number of carbonyl (C=O) groups excluding carboxylic acids is 1. The highest BCUT2D eigenvalue weighted by molar-refractivity contribution is 8.26. The molecule has 1 aliphatic heterocycles. The fourth-order valence-corrected chi connectivity index (χ4v) is 4.18. The van der Waals surface area contributed by atoms with Crippen molar-refractivity contribution in [2.75, 3.05) is 6.54 Å². The molecular formula is C16H10N2O6S3. The molecule has 8 nitrogen and oxygen atoms in total. The molecule has 2 aromatic rings. The Morgan fingerprint density at radius 1 is 1.33 bits per heavy atom. The Balaban J connectivity index is 1.78. The van der Waals surface area contributed by atoms with Crippen LogP contribution in [-0.2, 0) is 9.59 Å². The monoisotopic (exact) mass is 422 g/mol. The van der Waals surface area contributed by atoms with Gasteiger partial charge in [0, 0.05) is 12.3 Å². The maximum absolute atomic E-state index is 12.2. The Bertz CT molecular complexity index is 984. The summed E-state index contributed by atoms with van der Waals surface area (Å²) < 4.78 is 5.76. The Hall–Kier alpha value is -2.63. The molecule has 0 aromatic carbocycles. The highest BCUT2D eigenvalue weighted by Gasteiger charge is 2.33. The summed E-state index contributed by atoms with van der Waals surface area (Å²) in [5.41, 5.74) is 0.0509. The van der Waals surface area contributed by atoms with Crippen molar-refractivity contribution in [1.82, 2.24) is 9.88 Å². The summed E-state index contributed by atoms with van der Waals surface area (Å²) in [6.45, 7) is -0.501. The molecule has 0 unspecified atom stereocenters. The molecule has 1 saturated heterocycles.